The van der Waals surface area contributed by atoms with Gasteiger partial charge in [-0.1, -0.05) is 36.4 Å². The number of hydrogen-bond donors (Lipinski definition) is 2. The molecule has 0 aliphatic carbocycles. The minimum atomic E-state index is -0.577. The van der Waals surface area contributed by atoms with Crippen LogP contribution >= 0.6 is 0 Å². The lowest BCUT2D eigenvalue weighted by molar-refractivity contribution is 0.0940. The number of H-pyrrole nitrogens is 1. The standard InChI is InChI=1S/C25H23N5O4/c1-33-15-17-6-3-4-7-19(17)22(16-9-11-18(34-2)12-10-16)28-24(31)20-14-26-23(29-25(20)32)21-8-5-13-27-30-21/h3-14,22H,15H2,1-2H3,(H,28,31)(H,26,29,32). The van der Waals surface area contributed by atoms with Crippen molar-refractivity contribution in [2.24, 2.45) is 0 Å². The van der Waals surface area contributed by atoms with Crippen molar-refractivity contribution >= 4 is 5.91 Å². The number of methoxy groups -OCH3 is 2. The van der Waals surface area contributed by atoms with Crippen molar-refractivity contribution < 1.29 is 14.3 Å². The Bertz CT molecular complexity index is 1320. The second kappa shape index (κ2) is 10.5. The number of carbonyl (C=O) groups excluding carboxylic acids is 1. The van der Waals surface area contributed by atoms with Gasteiger partial charge in [-0.15, -0.1) is 5.10 Å². The molecule has 9 heteroatoms. The number of nitrogens with one attached hydrogen (secondary N) is 2. The van der Waals surface area contributed by atoms with Crippen LogP contribution in [0.2, 0.25) is 0 Å². The normalized spacial score (nSPS) is 11.6. The van der Waals surface area contributed by atoms with Crippen LogP contribution in [0.1, 0.15) is 33.1 Å². The van der Waals surface area contributed by atoms with Crippen molar-refractivity contribution in [1.29, 1.82) is 0 Å². The number of nitrogens with zero attached hydrogens (tertiary/aromatic N) is 3. The van der Waals surface area contributed by atoms with Gasteiger partial charge in [0.2, 0.25) is 0 Å². The highest BCUT2D eigenvalue weighted by molar-refractivity contribution is 5.94. The molecule has 1 atom stereocenters. The molecule has 1 unspecified atom stereocenters. The van der Waals surface area contributed by atoms with Crippen molar-refractivity contribution in [3.63, 3.8) is 0 Å². The van der Waals surface area contributed by atoms with Crippen molar-refractivity contribution in [3.05, 3.63) is 106 Å². The Kier molecular flexibility index (Phi) is 7.04. The minimum Gasteiger partial charge on any atom is -0.497 e. The van der Waals surface area contributed by atoms with Gasteiger partial charge < -0.3 is 19.8 Å². The average molecular weight is 457 g/mol. The number of hydrogen-bond acceptors (Lipinski definition) is 7. The van der Waals surface area contributed by atoms with E-state index in [1.165, 1.54) is 12.4 Å². The number of ether oxygens (including phenoxy) is 2. The summed E-state index contributed by atoms with van der Waals surface area (Å²) in [6.45, 7) is 0.369. The molecule has 2 heterocycles. The zero-order valence-electron chi connectivity index (χ0n) is 18.7. The molecule has 0 radical (unpaired) electrons. The van der Waals surface area contributed by atoms with Gasteiger partial charge >= 0.3 is 0 Å². The topological polar surface area (TPSA) is 119 Å². The van der Waals surface area contributed by atoms with E-state index in [2.05, 4.69) is 25.5 Å². The van der Waals surface area contributed by atoms with E-state index in [4.69, 9.17) is 9.47 Å². The second-order valence-electron chi connectivity index (χ2n) is 7.39. The summed E-state index contributed by atoms with van der Waals surface area (Å²) in [4.78, 5) is 32.7. The summed E-state index contributed by atoms with van der Waals surface area (Å²) in [6, 6.07) is 17.8. The van der Waals surface area contributed by atoms with Crippen LogP contribution in [0, 0.1) is 0 Å². The SMILES string of the molecule is COCc1ccccc1C(NC(=O)c1cnc(-c2cccnn2)[nH]c1=O)c1ccc(OC)cc1. The minimum absolute atomic E-state index is 0.115. The molecule has 34 heavy (non-hydrogen) atoms. The molecule has 0 bridgehead atoms. The fourth-order valence-corrected chi connectivity index (χ4v) is 3.56. The Balaban J connectivity index is 1.69. The molecule has 4 aromatic rings. The van der Waals surface area contributed by atoms with E-state index >= 15 is 0 Å². The van der Waals surface area contributed by atoms with Crippen LogP contribution in [0.15, 0.2) is 77.9 Å². The molecule has 9 nitrogen and oxygen atoms in total. The first kappa shape index (κ1) is 22.8. The summed E-state index contributed by atoms with van der Waals surface area (Å²) in [7, 11) is 3.20. The molecule has 0 spiro atoms. The first-order valence-electron chi connectivity index (χ1n) is 10.5. The molecular weight excluding hydrogens is 434 g/mol. The largest absolute Gasteiger partial charge is 0.497 e. The predicted molar refractivity (Wildman–Crippen MR) is 125 cm³/mol. The summed E-state index contributed by atoms with van der Waals surface area (Å²) in [5.74, 6) is 0.360. The number of rotatable bonds is 8. The van der Waals surface area contributed by atoms with E-state index in [1.807, 2.05) is 48.5 Å². The molecule has 1 amide bonds. The molecule has 4 rings (SSSR count). The quantitative estimate of drug-likeness (QED) is 0.418. The molecule has 2 N–H and O–H groups in total. The smallest absolute Gasteiger partial charge is 0.264 e. The van der Waals surface area contributed by atoms with Gasteiger partial charge in [0, 0.05) is 19.5 Å². The highest BCUT2D eigenvalue weighted by Crippen LogP contribution is 2.27. The Morgan fingerprint density at radius 1 is 1.06 bits per heavy atom. The first-order chi connectivity index (χ1) is 16.6. The van der Waals surface area contributed by atoms with Crippen LogP contribution in [0.3, 0.4) is 0 Å². The third kappa shape index (κ3) is 5.00. The van der Waals surface area contributed by atoms with Gasteiger partial charge in [-0.25, -0.2) is 4.98 Å². The molecule has 0 fully saturated rings. The lowest BCUT2D eigenvalue weighted by Crippen LogP contribution is -2.34. The fraction of sp³-hybridized carbons (Fsp3) is 0.160. The van der Waals surface area contributed by atoms with Gasteiger partial charge in [-0.05, 0) is 41.0 Å². The van der Waals surface area contributed by atoms with E-state index in [0.29, 0.717) is 18.1 Å². The Morgan fingerprint density at radius 3 is 2.53 bits per heavy atom. The Hall–Kier alpha value is -4.37. The van der Waals surface area contributed by atoms with Crippen LogP contribution in [0.4, 0.5) is 0 Å². The van der Waals surface area contributed by atoms with Gasteiger partial charge in [-0.3, -0.25) is 9.59 Å². The van der Waals surface area contributed by atoms with E-state index < -0.39 is 17.5 Å². The lowest BCUT2D eigenvalue weighted by atomic mass is 9.94. The molecular formula is C25H23N5O4. The maximum absolute atomic E-state index is 13.2. The van der Waals surface area contributed by atoms with Crippen molar-refractivity contribution in [2.45, 2.75) is 12.6 Å². The van der Waals surface area contributed by atoms with Crippen LogP contribution in [0.5, 0.6) is 5.75 Å². The molecule has 172 valence electrons. The third-order valence-electron chi connectivity index (χ3n) is 5.25. The number of amides is 1. The van der Waals surface area contributed by atoms with Crippen LogP contribution in [-0.4, -0.2) is 40.3 Å². The number of aromatic nitrogens is 4. The molecule has 2 aromatic heterocycles. The van der Waals surface area contributed by atoms with Gasteiger partial charge in [0.05, 0.1) is 19.8 Å². The molecule has 2 aromatic carbocycles. The van der Waals surface area contributed by atoms with Gasteiger partial charge in [0.15, 0.2) is 5.82 Å². The molecule has 0 aliphatic rings. The van der Waals surface area contributed by atoms with Crippen molar-refractivity contribution in [1.82, 2.24) is 25.5 Å². The molecule has 0 aliphatic heterocycles. The summed E-state index contributed by atoms with van der Waals surface area (Å²) < 4.78 is 10.6. The monoisotopic (exact) mass is 457 g/mol. The van der Waals surface area contributed by atoms with Crippen LogP contribution in [0.25, 0.3) is 11.5 Å². The van der Waals surface area contributed by atoms with Crippen LogP contribution in [-0.2, 0) is 11.3 Å². The van der Waals surface area contributed by atoms with E-state index in [-0.39, 0.29) is 11.4 Å². The zero-order chi connectivity index (χ0) is 23.9. The number of carbonyl (C=O) groups is 1. The fourth-order valence-electron chi connectivity index (χ4n) is 3.56. The van der Waals surface area contributed by atoms with Crippen molar-refractivity contribution in [3.8, 4) is 17.3 Å². The first-order valence-corrected chi connectivity index (χ1v) is 10.5. The van der Waals surface area contributed by atoms with Gasteiger partial charge in [0.25, 0.3) is 11.5 Å². The highest BCUT2D eigenvalue weighted by Gasteiger charge is 2.22. The summed E-state index contributed by atoms with van der Waals surface area (Å²) >= 11 is 0. The van der Waals surface area contributed by atoms with Crippen molar-refractivity contribution in [2.75, 3.05) is 14.2 Å². The summed E-state index contributed by atoms with van der Waals surface area (Å²) in [6.07, 6.45) is 2.76. The summed E-state index contributed by atoms with van der Waals surface area (Å²) in [5, 5.41) is 10.7. The lowest BCUT2D eigenvalue weighted by Gasteiger charge is -2.22. The summed E-state index contributed by atoms with van der Waals surface area (Å²) in [5.41, 5.74) is 2.29. The Labute approximate surface area is 195 Å². The van der Waals surface area contributed by atoms with E-state index in [1.54, 1.807) is 26.4 Å². The maximum Gasteiger partial charge on any atom is 0.264 e. The van der Waals surface area contributed by atoms with E-state index in [9.17, 15) is 9.59 Å². The highest BCUT2D eigenvalue weighted by atomic mass is 16.5. The second-order valence-corrected chi connectivity index (χ2v) is 7.39. The number of benzene rings is 2. The predicted octanol–water partition coefficient (Wildman–Crippen LogP) is 2.90. The van der Waals surface area contributed by atoms with E-state index in [0.717, 1.165) is 16.7 Å². The molecule has 0 saturated heterocycles. The van der Waals surface area contributed by atoms with Crippen LogP contribution < -0.4 is 15.6 Å². The zero-order valence-corrected chi connectivity index (χ0v) is 18.7. The van der Waals surface area contributed by atoms with Gasteiger partial charge in [0.1, 0.15) is 17.0 Å². The number of aromatic amines is 1. The maximum atomic E-state index is 13.2. The molecule has 0 saturated carbocycles. The Morgan fingerprint density at radius 2 is 1.85 bits per heavy atom. The average Bonchev–Trinajstić information content (AvgIpc) is 2.88. The van der Waals surface area contributed by atoms with Gasteiger partial charge in [-0.2, -0.15) is 5.10 Å². The third-order valence-corrected chi connectivity index (χ3v) is 5.25.